The van der Waals surface area contributed by atoms with Gasteiger partial charge in [0.25, 0.3) is 5.91 Å². The lowest BCUT2D eigenvalue weighted by Gasteiger charge is -2.15. The summed E-state index contributed by atoms with van der Waals surface area (Å²) in [5.74, 6) is 0.900. The molecule has 0 saturated carbocycles. The fourth-order valence-electron chi connectivity index (χ4n) is 3.97. The van der Waals surface area contributed by atoms with Crippen molar-refractivity contribution in [1.29, 1.82) is 0 Å². The minimum absolute atomic E-state index is 0.0928. The lowest BCUT2D eigenvalue weighted by atomic mass is 9.97. The van der Waals surface area contributed by atoms with Crippen molar-refractivity contribution in [3.63, 3.8) is 0 Å². The molecule has 0 unspecified atom stereocenters. The van der Waals surface area contributed by atoms with Crippen LogP contribution in [0.1, 0.15) is 21.6 Å². The van der Waals surface area contributed by atoms with Crippen LogP contribution in [0.3, 0.4) is 0 Å². The Balaban J connectivity index is 1.37. The van der Waals surface area contributed by atoms with Gasteiger partial charge in [-0.05, 0) is 41.0 Å². The molecule has 0 fully saturated rings. The molecule has 29 heavy (non-hydrogen) atoms. The molecule has 4 aromatic rings. The first kappa shape index (κ1) is 17.5. The Hall–Kier alpha value is -3.60. The summed E-state index contributed by atoms with van der Waals surface area (Å²) < 4.78 is 7.26. The Morgan fingerprint density at radius 1 is 1.03 bits per heavy atom. The average Bonchev–Trinajstić information content (AvgIpc) is 3.33. The fourth-order valence-corrected chi connectivity index (χ4v) is 3.97. The quantitative estimate of drug-likeness (QED) is 0.519. The molecule has 0 aliphatic carbocycles. The molecule has 5 heteroatoms. The molecule has 0 bridgehead atoms. The molecule has 1 aliphatic heterocycles. The van der Waals surface area contributed by atoms with Crippen LogP contribution in [0.5, 0.6) is 5.75 Å². The molecule has 0 N–H and O–H groups in total. The summed E-state index contributed by atoms with van der Waals surface area (Å²) in [6.45, 7) is 1.30. The van der Waals surface area contributed by atoms with Crippen LogP contribution >= 0.6 is 0 Å². The maximum Gasteiger partial charge on any atom is 0.255 e. The van der Waals surface area contributed by atoms with E-state index in [1.807, 2.05) is 82.4 Å². The van der Waals surface area contributed by atoms with E-state index in [1.54, 1.807) is 7.11 Å². The highest BCUT2D eigenvalue weighted by molar-refractivity contribution is 6.04. The first-order valence-corrected chi connectivity index (χ1v) is 9.71. The third kappa shape index (κ3) is 3.14. The van der Waals surface area contributed by atoms with Gasteiger partial charge in [0.2, 0.25) is 0 Å². The maximum atomic E-state index is 13.2. The standard InChI is InChI=1S/C24H21N3O2/c1-29-20-10-8-17(9-11-20)21-6-4-5-18-15-27(24(28)23(18)21)14-12-19-16-26-13-3-2-7-22(26)25-19/h2-11,13,16H,12,14-15H2,1H3. The molecule has 2 aromatic carbocycles. The molecular weight excluding hydrogens is 362 g/mol. The first-order chi connectivity index (χ1) is 14.2. The van der Waals surface area contributed by atoms with Crippen LogP contribution in [0.4, 0.5) is 0 Å². The van der Waals surface area contributed by atoms with Crippen LogP contribution in [0.2, 0.25) is 0 Å². The summed E-state index contributed by atoms with van der Waals surface area (Å²) in [4.78, 5) is 19.7. The number of rotatable bonds is 5. The Bertz CT molecular complexity index is 1160. The maximum absolute atomic E-state index is 13.2. The molecule has 0 saturated heterocycles. The van der Waals surface area contributed by atoms with Gasteiger partial charge in [-0.25, -0.2) is 4.98 Å². The van der Waals surface area contributed by atoms with Crippen LogP contribution < -0.4 is 4.74 Å². The van der Waals surface area contributed by atoms with Crippen LogP contribution in [0.15, 0.2) is 73.1 Å². The number of amides is 1. The summed E-state index contributed by atoms with van der Waals surface area (Å²) in [5.41, 5.74) is 5.82. The monoisotopic (exact) mass is 383 g/mol. The highest BCUT2D eigenvalue weighted by Gasteiger charge is 2.29. The predicted octanol–water partition coefficient (Wildman–Crippen LogP) is 4.21. The van der Waals surface area contributed by atoms with E-state index in [9.17, 15) is 4.79 Å². The van der Waals surface area contributed by atoms with Crippen LogP contribution in [-0.2, 0) is 13.0 Å². The van der Waals surface area contributed by atoms with Crippen molar-refractivity contribution >= 4 is 11.6 Å². The summed E-state index contributed by atoms with van der Waals surface area (Å²) in [6, 6.07) is 19.9. The number of imidazole rings is 1. The molecule has 5 rings (SSSR count). The Labute approximate surface area is 169 Å². The number of fused-ring (bicyclic) bond motifs is 2. The largest absolute Gasteiger partial charge is 0.497 e. The number of hydrogen-bond donors (Lipinski definition) is 0. The van der Waals surface area contributed by atoms with Gasteiger partial charge in [0.1, 0.15) is 11.4 Å². The summed E-state index contributed by atoms with van der Waals surface area (Å²) in [5, 5.41) is 0. The minimum atomic E-state index is 0.0928. The molecule has 0 spiro atoms. The third-order valence-corrected chi connectivity index (χ3v) is 5.47. The molecule has 144 valence electrons. The molecule has 1 amide bonds. The van der Waals surface area contributed by atoms with Gasteiger partial charge in [-0.3, -0.25) is 4.79 Å². The Morgan fingerprint density at radius 3 is 2.69 bits per heavy atom. The van der Waals surface area contributed by atoms with Gasteiger partial charge in [-0.1, -0.05) is 36.4 Å². The van der Waals surface area contributed by atoms with E-state index in [0.29, 0.717) is 13.1 Å². The summed E-state index contributed by atoms with van der Waals surface area (Å²) in [7, 11) is 1.65. The second-order valence-corrected chi connectivity index (χ2v) is 7.24. The Kier molecular flexibility index (Phi) is 4.28. The molecule has 0 radical (unpaired) electrons. The normalized spacial score (nSPS) is 13.1. The van der Waals surface area contributed by atoms with Crippen molar-refractivity contribution < 1.29 is 9.53 Å². The summed E-state index contributed by atoms with van der Waals surface area (Å²) in [6.07, 6.45) is 4.76. The number of carbonyl (C=O) groups excluding carboxylic acids is 1. The number of aromatic nitrogens is 2. The van der Waals surface area contributed by atoms with E-state index in [-0.39, 0.29) is 5.91 Å². The molecule has 3 heterocycles. The zero-order valence-electron chi connectivity index (χ0n) is 16.2. The predicted molar refractivity (Wildman–Crippen MR) is 112 cm³/mol. The highest BCUT2D eigenvalue weighted by Crippen LogP contribution is 2.33. The lowest BCUT2D eigenvalue weighted by Crippen LogP contribution is -2.26. The second-order valence-electron chi connectivity index (χ2n) is 7.24. The number of carbonyl (C=O) groups is 1. The minimum Gasteiger partial charge on any atom is -0.497 e. The van der Waals surface area contributed by atoms with Crippen molar-refractivity contribution in [3.8, 4) is 16.9 Å². The lowest BCUT2D eigenvalue weighted by molar-refractivity contribution is 0.0780. The molecule has 2 aromatic heterocycles. The van der Waals surface area contributed by atoms with Gasteiger partial charge in [-0.2, -0.15) is 0 Å². The van der Waals surface area contributed by atoms with Gasteiger partial charge in [0.15, 0.2) is 0 Å². The highest BCUT2D eigenvalue weighted by atomic mass is 16.5. The van der Waals surface area contributed by atoms with Gasteiger partial charge in [0.05, 0.1) is 18.4 Å². The van der Waals surface area contributed by atoms with Gasteiger partial charge >= 0.3 is 0 Å². The zero-order valence-corrected chi connectivity index (χ0v) is 16.2. The number of hydrogen-bond acceptors (Lipinski definition) is 3. The summed E-state index contributed by atoms with van der Waals surface area (Å²) >= 11 is 0. The molecule has 5 nitrogen and oxygen atoms in total. The van der Waals surface area contributed by atoms with E-state index >= 15 is 0 Å². The topological polar surface area (TPSA) is 46.8 Å². The first-order valence-electron chi connectivity index (χ1n) is 9.71. The van der Waals surface area contributed by atoms with Gasteiger partial charge in [-0.15, -0.1) is 0 Å². The van der Waals surface area contributed by atoms with Crippen molar-refractivity contribution in [3.05, 3.63) is 89.9 Å². The zero-order chi connectivity index (χ0) is 19.8. The molecule has 0 atom stereocenters. The smallest absolute Gasteiger partial charge is 0.255 e. The van der Waals surface area contributed by atoms with E-state index in [2.05, 4.69) is 4.98 Å². The van der Waals surface area contributed by atoms with Crippen molar-refractivity contribution in [1.82, 2.24) is 14.3 Å². The van der Waals surface area contributed by atoms with Crippen molar-refractivity contribution in [2.45, 2.75) is 13.0 Å². The number of ether oxygens (including phenoxy) is 1. The van der Waals surface area contributed by atoms with E-state index < -0.39 is 0 Å². The fraction of sp³-hybridized carbons (Fsp3) is 0.167. The number of nitrogens with zero attached hydrogens (tertiary/aromatic N) is 3. The van der Waals surface area contributed by atoms with Gasteiger partial charge in [0, 0.05) is 31.9 Å². The van der Waals surface area contributed by atoms with Crippen LogP contribution in [0, 0.1) is 0 Å². The second kappa shape index (κ2) is 7.09. The van der Waals surface area contributed by atoms with Crippen LogP contribution in [-0.4, -0.2) is 33.8 Å². The van der Waals surface area contributed by atoms with Crippen molar-refractivity contribution in [2.24, 2.45) is 0 Å². The molecule has 1 aliphatic rings. The molecular formula is C24H21N3O2. The number of benzene rings is 2. The average molecular weight is 383 g/mol. The van der Waals surface area contributed by atoms with Crippen molar-refractivity contribution in [2.75, 3.05) is 13.7 Å². The number of pyridine rings is 1. The van der Waals surface area contributed by atoms with E-state index in [0.717, 1.165) is 45.8 Å². The van der Waals surface area contributed by atoms with E-state index in [1.165, 1.54) is 0 Å². The van der Waals surface area contributed by atoms with E-state index in [4.69, 9.17) is 4.74 Å². The van der Waals surface area contributed by atoms with Gasteiger partial charge < -0.3 is 14.0 Å². The van der Waals surface area contributed by atoms with Crippen LogP contribution in [0.25, 0.3) is 16.8 Å². The SMILES string of the molecule is COc1ccc(-c2cccc3c2C(=O)N(CCc2cn4ccccc4n2)C3)cc1. The Morgan fingerprint density at radius 2 is 1.90 bits per heavy atom. The number of methoxy groups -OCH3 is 1. The third-order valence-electron chi connectivity index (χ3n) is 5.47.